The molecule has 1 saturated heterocycles. The van der Waals surface area contributed by atoms with Gasteiger partial charge in [0.05, 0.1) is 21.9 Å². The van der Waals surface area contributed by atoms with Crippen LogP contribution in [0.4, 0.5) is 0 Å². The number of para-hydroxylation sites is 2. The predicted octanol–water partition coefficient (Wildman–Crippen LogP) is 3.64. The fraction of sp³-hybridized carbons (Fsp3) is 0.167. The van der Waals surface area contributed by atoms with Crippen molar-refractivity contribution >= 4 is 51.0 Å². The zero-order valence-corrected chi connectivity index (χ0v) is 18.0. The summed E-state index contributed by atoms with van der Waals surface area (Å²) < 4.78 is 3.33. The third-order valence-electron chi connectivity index (χ3n) is 5.71. The lowest BCUT2D eigenvalue weighted by molar-refractivity contribution is 0.479. The van der Waals surface area contributed by atoms with Gasteiger partial charge in [-0.3, -0.25) is 4.40 Å². The molecule has 0 spiro atoms. The lowest BCUT2D eigenvalue weighted by Crippen LogP contribution is -2.38. The third-order valence-corrected chi connectivity index (χ3v) is 6.59. The second kappa shape index (κ2) is 7.20. The first-order valence-corrected chi connectivity index (χ1v) is 10.7. The Labute approximate surface area is 182 Å². The number of aromatic nitrogens is 2. The lowest BCUT2D eigenvalue weighted by Gasteiger charge is -2.21. The van der Waals surface area contributed by atoms with Crippen molar-refractivity contribution in [3.63, 3.8) is 0 Å². The summed E-state index contributed by atoms with van der Waals surface area (Å²) in [7, 11) is 0. The maximum Gasteiger partial charge on any atom is 0.156 e. The lowest BCUT2D eigenvalue weighted by atomic mass is 10.1. The van der Waals surface area contributed by atoms with Gasteiger partial charge in [0.1, 0.15) is 6.07 Å². The van der Waals surface area contributed by atoms with Gasteiger partial charge in [-0.15, -0.1) is 0 Å². The van der Waals surface area contributed by atoms with Crippen molar-refractivity contribution in [1.82, 2.24) is 14.3 Å². The third kappa shape index (κ3) is 2.99. The van der Waals surface area contributed by atoms with Crippen LogP contribution in [-0.2, 0) is 0 Å². The Morgan fingerprint density at radius 1 is 1.24 bits per heavy atom. The van der Waals surface area contributed by atoms with Gasteiger partial charge in [-0.05, 0) is 62.9 Å². The minimum absolute atomic E-state index is 0.498. The van der Waals surface area contributed by atoms with Gasteiger partial charge in [-0.25, -0.2) is 4.98 Å². The van der Waals surface area contributed by atoms with Gasteiger partial charge in [0.2, 0.25) is 0 Å². The zero-order valence-electron chi connectivity index (χ0n) is 15.8. The van der Waals surface area contributed by atoms with Gasteiger partial charge in [0.15, 0.2) is 5.65 Å². The average Bonchev–Trinajstić information content (AvgIpc) is 3.34. The number of nitriles is 1. The van der Waals surface area contributed by atoms with E-state index in [1.165, 1.54) is 3.58 Å². The Bertz CT molecular complexity index is 1380. The number of rotatable bonds is 2. The van der Waals surface area contributed by atoms with E-state index in [9.17, 15) is 5.26 Å². The summed E-state index contributed by atoms with van der Waals surface area (Å²) in [5.74, 6) is 0.498. The molecule has 0 radical (unpaired) electrons. The molecule has 1 unspecified atom stereocenters. The normalized spacial score (nSPS) is 20.7. The van der Waals surface area contributed by atoms with Crippen LogP contribution in [0.15, 0.2) is 64.8 Å². The molecule has 1 aliphatic heterocycles. The molecule has 142 valence electrons. The summed E-state index contributed by atoms with van der Waals surface area (Å²) >= 11 is 2.35. The van der Waals surface area contributed by atoms with Crippen LogP contribution in [0.5, 0.6) is 0 Å². The second-order valence-electron chi connectivity index (χ2n) is 7.40. The van der Waals surface area contributed by atoms with Crippen LogP contribution in [0.2, 0.25) is 0 Å². The molecule has 0 bridgehead atoms. The average molecular weight is 490 g/mol. The van der Waals surface area contributed by atoms with Gasteiger partial charge in [0, 0.05) is 29.9 Å². The molecule has 1 aliphatic carbocycles. The highest BCUT2D eigenvalue weighted by Gasteiger charge is 2.25. The van der Waals surface area contributed by atoms with Gasteiger partial charge in [0.25, 0.3) is 0 Å². The highest BCUT2D eigenvalue weighted by atomic mass is 127. The number of hydrogen-bond acceptors (Lipinski definition) is 3. The van der Waals surface area contributed by atoms with Crippen molar-refractivity contribution in [2.75, 3.05) is 13.1 Å². The van der Waals surface area contributed by atoms with Gasteiger partial charge < -0.3 is 4.90 Å². The summed E-state index contributed by atoms with van der Waals surface area (Å²) in [6.45, 7) is 6.09. The summed E-state index contributed by atoms with van der Waals surface area (Å²) in [4.78, 5) is 7.17. The quantitative estimate of drug-likeness (QED) is 0.516. The van der Waals surface area contributed by atoms with Crippen LogP contribution < -0.4 is 10.6 Å². The molecule has 29 heavy (non-hydrogen) atoms. The number of imidazole rings is 1. The molecular formula is C24H19IN4. The Hall–Kier alpha value is -2.85. The minimum atomic E-state index is 0.498. The van der Waals surface area contributed by atoms with E-state index in [0.29, 0.717) is 17.1 Å². The van der Waals surface area contributed by atoms with E-state index in [2.05, 4.69) is 74.9 Å². The van der Waals surface area contributed by atoms with Crippen LogP contribution in [0.1, 0.15) is 12.0 Å². The first kappa shape index (κ1) is 18.2. The van der Waals surface area contributed by atoms with E-state index in [1.807, 2.05) is 30.3 Å². The highest BCUT2D eigenvalue weighted by Crippen LogP contribution is 2.29. The van der Waals surface area contributed by atoms with E-state index >= 15 is 0 Å². The van der Waals surface area contributed by atoms with Gasteiger partial charge >= 0.3 is 0 Å². The smallest absolute Gasteiger partial charge is 0.156 e. The fourth-order valence-electron chi connectivity index (χ4n) is 4.26. The monoisotopic (exact) mass is 490 g/mol. The molecule has 1 aromatic carbocycles. The maximum absolute atomic E-state index is 9.87. The SMILES string of the molecule is C=C(I)C1CCN(C2=c3cc(C#N)c4nc5ccccc5n4/c3=C\C=C\C=C2)C1. The molecule has 3 aromatic rings. The molecule has 3 heterocycles. The highest BCUT2D eigenvalue weighted by molar-refractivity contribution is 14.1. The number of benzene rings is 1. The van der Waals surface area contributed by atoms with Crippen molar-refractivity contribution in [3.05, 3.63) is 80.9 Å². The van der Waals surface area contributed by atoms with E-state index in [-0.39, 0.29) is 0 Å². The van der Waals surface area contributed by atoms with E-state index < -0.39 is 0 Å². The Kier molecular flexibility index (Phi) is 4.51. The minimum Gasteiger partial charge on any atom is -0.370 e. The molecule has 2 aromatic heterocycles. The number of likely N-dealkylation sites (tertiary alicyclic amines) is 1. The van der Waals surface area contributed by atoms with Crippen molar-refractivity contribution in [2.45, 2.75) is 6.42 Å². The maximum atomic E-state index is 9.87. The Morgan fingerprint density at radius 2 is 2.10 bits per heavy atom. The van der Waals surface area contributed by atoms with Crippen LogP contribution >= 0.6 is 22.6 Å². The number of hydrogen-bond donors (Lipinski definition) is 0. The summed E-state index contributed by atoms with van der Waals surface area (Å²) in [5.41, 5.74) is 4.37. The summed E-state index contributed by atoms with van der Waals surface area (Å²) in [6, 6.07) is 12.4. The molecular weight excluding hydrogens is 471 g/mol. The topological polar surface area (TPSA) is 44.3 Å². The van der Waals surface area contributed by atoms with Crippen LogP contribution in [0, 0.1) is 17.2 Å². The molecule has 0 N–H and O–H groups in total. The number of halogens is 1. The van der Waals surface area contributed by atoms with E-state index in [1.54, 1.807) is 0 Å². The van der Waals surface area contributed by atoms with Gasteiger partial charge in [-0.2, -0.15) is 5.26 Å². The summed E-state index contributed by atoms with van der Waals surface area (Å²) in [5, 5.41) is 12.0. The molecule has 5 rings (SSSR count). The molecule has 5 heteroatoms. The molecule has 0 saturated carbocycles. The number of fused-ring (bicyclic) bond motifs is 5. The molecule has 2 aliphatic rings. The number of pyridine rings is 1. The van der Waals surface area contributed by atoms with E-state index in [0.717, 1.165) is 46.8 Å². The molecule has 4 nitrogen and oxygen atoms in total. The van der Waals surface area contributed by atoms with Crippen LogP contribution in [-0.4, -0.2) is 27.4 Å². The first-order valence-electron chi connectivity index (χ1n) is 9.66. The van der Waals surface area contributed by atoms with Crippen molar-refractivity contribution < 1.29 is 0 Å². The van der Waals surface area contributed by atoms with Crippen molar-refractivity contribution in [2.24, 2.45) is 5.92 Å². The van der Waals surface area contributed by atoms with E-state index in [4.69, 9.17) is 4.98 Å². The number of allylic oxidation sites excluding steroid dienone is 3. The van der Waals surface area contributed by atoms with Crippen LogP contribution in [0.25, 0.3) is 28.5 Å². The van der Waals surface area contributed by atoms with Crippen molar-refractivity contribution in [1.29, 1.82) is 5.26 Å². The second-order valence-corrected chi connectivity index (χ2v) is 8.79. The van der Waals surface area contributed by atoms with Crippen LogP contribution in [0.3, 0.4) is 0 Å². The molecule has 0 amide bonds. The van der Waals surface area contributed by atoms with Gasteiger partial charge in [-0.1, -0.05) is 36.9 Å². The zero-order chi connectivity index (χ0) is 20.0. The Balaban J connectivity index is 1.90. The standard InChI is InChI=1S/C24H19IN4/c1-16(25)17-11-12-28(15-17)21-8-3-2-4-9-22-19(21)13-18(14-26)24-27-20-7-5-6-10-23(20)29(22)24/h2-10,13,17H,1,11-12,15H2/b3-2?,4-2+,8-3?,9-4?,21-8?,21-19?,22-9-. The molecule has 1 fully saturated rings. The van der Waals surface area contributed by atoms with Crippen molar-refractivity contribution in [3.8, 4) is 6.07 Å². The number of nitrogens with zero attached hydrogens (tertiary/aromatic N) is 4. The predicted molar refractivity (Wildman–Crippen MR) is 126 cm³/mol. The Morgan fingerprint density at radius 3 is 2.90 bits per heavy atom. The first-order chi connectivity index (χ1) is 14.2. The fourth-order valence-corrected chi connectivity index (χ4v) is 4.77. The molecule has 1 atom stereocenters. The summed E-state index contributed by atoms with van der Waals surface area (Å²) in [6.07, 6.45) is 11.6. The largest absolute Gasteiger partial charge is 0.370 e.